The summed E-state index contributed by atoms with van der Waals surface area (Å²) in [7, 11) is 1.62. The van der Waals surface area contributed by atoms with E-state index in [4.69, 9.17) is 4.74 Å². The molecule has 140 valence electrons. The number of aromatic nitrogens is 3. The lowest BCUT2D eigenvalue weighted by molar-refractivity contribution is 0.101. The predicted octanol–water partition coefficient (Wildman–Crippen LogP) is 4.09. The third-order valence-corrected chi connectivity index (χ3v) is 4.71. The van der Waals surface area contributed by atoms with E-state index >= 15 is 0 Å². The highest BCUT2D eigenvalue weighted by Gasteiger charge is 2.22. The van der Waals surface area contributed by atoms with Gasteiger partial charge in [0.25, 0.3) is 5.91 Å². The van der Waals surface area contributed by atoms with E-state index < -0.39 is 0 Å². The number of ether oxygens (including phenoxy) is 1. The molecule has 1 aromatic heterocycles. The van der Waals surface area contributed by atoms with Gasteiger partial charge in [-0.3, -0.25) is 4.79 Å². The predicted molar refractivity (Wildman–Crippen MR) is 109 cm³/mol. The number of benzene rings is 2. The van der Waals surface area contributed by atoms with Crippen molar-refractivity contribution in [3.05, 3.63) is 59.8 Å². The molecule has 2 aromatic carbocycles. The summed E-state index contributed by atoms with van der Waals surface area (Å²) in [4.78, 5) is 13.1. The Hall–Kier alpha value is -2.80. The number of methoxy groups -OCH3 is 1. The quantitative estimate of drug-likeness (QED) is 0.666. The van der Waals surface area contributed by atoms with E-state index in [1.807, 2.05) is 54.8 Å². The first-order valence-electron chi connectivity index (χ1n) is 8.64. The van der Waals surface area contributed by atoms with Crippen molar-refractivity contribution >= 4 is 23.4 Å². The van der Waals surface area contributed by atoms with Gasteiger partial charge in [-0.25, -0.2) is 4.68 Å². The van der Waals surface area contributed by atoms with Gasteiger partial charge >= 0.3 is 0 Å². The van der Waals surface area contributed by atoms with Crippen LogP contribution in [0.25, 0.3) is 11.3 Å². The molecule has 6 nitrogen and oxygen atoms in total. The van der Waals surface area contributed by atoms with Gasteiger partial charge in [0.05, 0.1) is 13.0 Å². The first-order chi connectivity index (χ1) is 13.2. The monoisotopic (exact) mass is 382 g/mol. The van der Waals surface area contributed by atoms with Crippen molar-refractivity contribution in [2.45, 2.75) is 19.2 Å². The molecule has 0 radical (unpaired) electrons. The minimum Gasteiger partial charge on any atom is -0.497 e. The summed E-state index contributed by atoms with van der Waals surface area (Å²) in [5.41, 5.74) is 3.71. The summed E-state index contributed by atoms with van der Waals surface area (Å²) < 4.78 is 6.84. The van der Waals surface area contributed by atoms with Crippen LogP contribution in [0.4, 0.5) is 5.69 Å². The van der Waals surface area contributed by atoms with Gasteiger partial charge in [0.2, 0.25) is 0 Å². The summed E-state index contributed by atoms with van der Waals surface area (Å²) in [5, 5.41) is 11.5. The first-order valence-corrected chi connectivity index (χ1v) is 10.0. The van der Waals surface area contributed by atoms with Crippen molar-refractivity contribution < 1.29 is 9.53 Å². The average molecular weight is 382 g/mol. The largest absolute Gasteiger partial charge is 0.497 e. The molecule has 3 aromatic rings. The Kier molecular flexibility index (Phi) is 6.13. The first kappa shape index (κ1) is 19.0. The molecule has 1 heterocycles. The molecule has 0 aliphatic rings. The second-order valence-electron chi connectivity index (χ2n) is 5.90. The fourth-order valence-corrected chi connectivity index (χ4v) is 3.25. The van der Waals surface area contributed by atoms with Crippen LogP contribution in [0.5, 0.6) is 5.75 Å². The molecule has 7 heteroatoms. The summed E-state index contributed by atoms with van der Waals surface area (Å²) in [6, 6.07) is 15.2. The zero-order chi connectivity index (χ0) is 19.2. The number of thioether (sulfide) groups is 1. The number of nitrogens with one attached hydrogen (secondary N) is 1. The van der Waals surface area contributed by atoms with Crippen molar-refractivity contribution in [3.63, 3.8) is 0 Å². The van der Waals surface area contributed by atoms with Gasteiger partial charge in [0.15, 0.2) is 5.69 Å². The topological polar surface area (TPSA) is 69.0 Å². The Morgan fingerprint density at radius 1 is 1.19 bits per heavy atom. The molecule has 0 spiro atoms. The summed E-state index contributed by atoms with van der Waals surface area (Å²) in [6.45, 7) is 2.06. The van der Waals surface area contributed by atoms with E-state index in [2.05, 4.69) is 22.6 Å². The minimum absolute atomic E-state index is 0.222. The molecular weight excluding hydrogens is 360 g/mol. The van der Waals surface area contributed by atoms with E-state index in [0.717, 1.165) is 29.0 Å². The van der Waals surface area contributed by atoms with Crippen LogP contribution in [-0.4, -0.2) is 34.3 Å². The van der Waals surface area contributed by atoms with Crippen molar-refractivity contribution in [1.82, 2.24) is 15.0 Å². The highest BCUT2D eigenvalue weighted by atomic mass is 32.2. The van der Waals surface area contributed by atoms with Gasteiger partial charge in [-0.1, -0.05) is 30.3 Å². The molecular formula is C20H22N4O2S. The van der Waals surface area contributed by atoms with Gasteiger partial charge < -0.3 is 10.1 Å². The summed E-state index contributed by atoms with van der Waals surface area (Å²) >= 11 is 1.58. The maximum absolute atomic E-state index is 13.1. The van der Waals surface area contributed by atoms with Crippen LogP contribution in [0, 0.1) is 0 Å². The van der Waals surface area contributed by atoms with Crippen LogP contribution in [-0.2, 0) is 12.3 Å². The molecule has 0 aliphatic heterocycles. The number of nitrogens with zero attached hydrogens (tertiary/aromatic N) is 3. The van der Waals surface area contributed by atoms with E-state index in [1.165, 1.54) is 0 Å². The number of aryl methyl sites for hydroxylation is 1. The highest BCUT2D eigenvalue weighted by Crippen LogP contribution is 2.26. The molecule has 0 saturated heterocycles. The second kappa shape index (κ2) is 8.73. The van der Waals surface area contributed by atoms with E-state index in [-0.39, 0.29) is 5.91 Å². The molecule has 0 aliphatic carbocycles. The van der Waals surface area contributed by atoms with Gasteiger partial charge in [-0.2, -0.15) is 0 Å². The summed E-state index contributed by atoms with van der Waals surface area (Å²) in [6.07, 6.45) is 2.80. The van der Waals surface area contributed by atoms with Crippen LogP contribution >= 0.6 is 11.8 Å². The standard InChI is InChI=1S/C20H22N4O2S/c1-4-14-7-5-6-8-17(14)21-20(25)19-18(22-23-24(19)13-27-3)15-9-11-16(26-2)12-10-15/h5-12H,4,13H2,1-3H3,(H,21,25). The fraction of sp³-hybridized carbons (Fsp3) is 0.250. The number of hydrogen-bond acceptors (Lipinski definition) is 5. The third-order valence-electron chi connectivity index (χ3n) is 4.21. The molecule has 1 N–H and O–H groups in total. The number of rotatable bonds is 7. The number of amides is 1. The van der Waals surface area contributed by atoms with E-state index in [0.29, 0.717) is 17.3 Å². The molecule has 27 heavy (non-hydrogen) atoms. The number of carbonyl (C=O) groups excluding carboxylic acids is 1. The number of hydrogen-bond donors (Lipinski definition) is 1. The van der Waals surface area contributed by atoms with Crippen molar-refractivity contribution in [2.75, 3.05) is 18.7 Å². The molecule has 0 fully saturated rings. The lowest BCUT2D eigenvalue weighted by atomic mass is 10.1. The third kappa shape index (κ3) is 4.14. The molecule has 0 saturated carbocycles. The lowest BCUT2D eigenvalue weighted by Crippen LogP contribution is -2.19. The Balaban J connectivity index is 1.99. The maximum atomic E-state index is 13.1. The van der Waals surface area contributed by atoms with Gasteiger partial charge in [-0.15, -0.1) is 16.9 Å². The lowest BCUT2D eigenvalue weighted by Gasteiger charge is -2.11. The van der Waals surface area contributed by atoms with Crippen LogP contribution < -0.4 is 10.1 Å². The zero-order valence-corrected chi connectivity index (χ0v) is 16.4. The molecule has 0 unspecified atom stereocenters. The summed E-state index contributed by atoms with van der Waals surface area (Å²) in [5.74, 6) is 1.07. The SMILES string of the molecule is CCc1ccccc1NC(=O)c1c(-c2ccc(OC)cc2)nnn1CSC. The molecule has 0 atom stereocenters. The minimum atomic E-state index is -0.222. The molecule has 0 bridgehead atoms. The zero-order valence-electron chi connectivity index (χ0n) is 15.6. The Morgan fingerprint density at radius 3 is 2.59 bits per heavy atom. The second-order valence-corrected chi connectivity index (χ2v) is 6.73. The van der Waals surface area contributed by atoms with Crippen molar-refractivity contribution in [3.8, 4) is 17.0 Å². The smallest absolute Gasteiger partial charge is 0.276 e. The highest BCUT2D eigenvalue weighted by molar-refractivity contribution is 7.97. The number of para-hydroxylation sites is 1. The van der Waals surface area contributed by atoms with Gasteiger partial charge in [-0.05, 0) is 48.6 Å². The van der Waals surface area contributed by atoms with Crippen molar-refractivity contribution in [2.24, 2.45) is 0 Å². The molecule has 3 rings (SSSR count). The van der Waals surface area contributed by atoms with Crippen LogP contribution in [0.3, 0.4) is 0 Å². The Labute approximate surface area is 162 Å². The van der Waals surface area contributed by atoms with Gasteiger partial charge in [0, 0.05) is 11.3 Å². The Morgan fingerprint density at radius 2 is 1.93 bits per heavy atom. The number of carbonyl (C=O) groups is 1. The maximum Gasteiger partial charge on any atom is 0.276 e. The number of anilines is 1. The average Bonchev–Trinajstić information content (AvgIpc) is 3.12. The fourth-order valence-electron chi connectivity index (χ4n) is 2.83. The Bertz CT molecular complexity index is 922. The van der Waals surface area contributed by atoms with Crippen LogP contribution in [0.2, 0.25) is 0 Å². The normalized spacial score (nSPS) is 10.6. The van der Waals surface area contributed by atoms with E-state index in [9.17, 15) is 4.79 Å². The van der Waals surface area contributed by atoms with Crippen LogP contribution in [0.15, 0.2) is 48.5 Å². The van der Waals surface area contributed by atoms with Crippen molar-refractivity contribution in [1.29, 1.82) is 0 Å². The molecule has 1 amide bonds. The van der Waals surface area contributed by atoms with Gasteiger partial charge in [0.1, 0.15) is 11.4 Å². The van der Waals surface area contributed by atoms with E-state index in [1.54, 1.807) is 23.6 Å². The van der Waals surface area contributed by atoms with Crippen LogP contribution in [0.1, 0.15) is 23.0 Å².